The largest absolute Gasteiger partial charge is 0.492 e. The molecule has 2 aromatic carbocycles. The van der Waals surface area contributed by atoms with Gasteiger partial charge in [-0.1, -0.05) is 30.3 Å². The topological polar surface area (TPSA) is 96.9 Å². The van der Waals surface area contributed by atoms with E-state index in [2.05, 4.69) is 10.6 Å². The average molecular weight is 449 g/mol. The van der Waals surface area contributed by atoms with E-state index in [4.69, 9.17) is 14.6 Å². The molecule has 31 heavy (non-hydrogen) atoms. The number of aromatic carboxylic acids is 1. The second-order valence-corrected chi connectivity index (χ2v) is 7.41. The minimum atomic E-state index is -0.971. The Balaban J connectivity index is 0.00000341. The average Bonchev–Trinajstić information content (AvgIpc) is 2.78. The molecule has 1 fully saturated rings. The molecule has 1 saturated heterocycles. The first-order valence-corrected chi connectivity index (χ1v) is 10.1. The van der Waals surface area contributed by atoms with Crippen LogP contribution in [-0.4, -0.2) is 48.9 Å². The zero-order valence-electron chi connectivity index (χ0n) is 17.5. The maximum Gasteiger partial charge on any atom is 0.335 e. The van der Waals surface area contributed by atoms with Crippen molar-refractivity contribution in [2.45, 2.75) is 31.3 Å². The SMILES string of the molecule is C[C@H](NC(=O)C1(NCCOc2ccccc2)CCOCC1)c1ccc(C(=O)O)cc1.Cl. The van der Waals surface area contributed by atoms with Gasteiger partial charge in [0.2, 0.25) is 5.91 Å². The van der Waals surface area contributed by atoms with E-state index < -0.39 is 11.5 Å². The number of carboxylic acid groups (broad SMARTS) is 1. The molecule has 1 amide bonds. The molecule has 3 rings (SSSR count). The van der Waals surface area contributed by atoms with Gasteiger partial charge in [-0.25, -0.2) is 4.79 Å². The summed E-state index contributed by atoms with van der Waals surface area (Å²) >= 11 is 0. The lowest BCUT2D eigenvalue weighted by molar-refractivity contribution is -0.132. The number of ether oxygens (including phenoxy) is 2. The smallest absolute Gasteiger partial charge is 0.335 e. The van der Waals surface area contributed by atoms with Gasteiger partial charge in [0.25, 0.3) is 0 Å². The van der Waals surface area contributed by atoms with Crippen molar-refractivity contribution >= 4 is 24.3 Å². The molecule has 1 aliphatic heterocycles. The van der Waals surface area contributed by atoms with Crippen LogP contribution in [0.2, 0.25) is 0 Å². The summed E-state index contributed by atoms with van der Waals surface area (Å²) in [5.74, 6) is -0.259. The van der Waals surface area contributed by atoms with Gasteiger partial charge in [-0.15, -0.1) is 12.4 Å². The Morgan fingerprint density at radius 1 is 1.10 bits per heavy atom. The monoisotopic (exact) mass is 448 g/mol. The highest BCUT2D eigenvalue weighted by Crippen LogP contribution is 2.23. The molecule has 3 N–H and O–H groups in total. The predicted octanol–water partition coefficient (Wildman–Crippen LogP) is 3.20. The minimum Gasteiger partial charge on any atom is -0.492 e. The van der Waals surface area contributed by atoms with Crippen LogP contribution in [0.5, 0.6) is 5.75 Å². The summed E-state index contributed by atoms with van der Waals surface area (Å²) in [5, 5.41) is 15.5. The van der Waals surface area contributed by atoms with Gasteiger partial charge in [0.1, 0.15) is 17.9 Å². The summed E-state index contributed by atoms with van der Waals surface area (Å²) in [7, 11) is 0. The van der Waals surface area contributed by atoms with Gasteiger partial charge in [-0.05, 0) is 49.6 Å². The van der Waals surface area contributed by atoms with Crippen molar-refractivity contribution < 1.29 is 24.2 Å². The molecule has 0 spiro atoms. The van der Waals surface area contributed by atoms with Gasteiger partial charge in [-0.3, -0.25) is 10.1 Å². The number of benzene rings is 2. The highest BCUT2D eigenvalue weighted by Gasteiger charge is 2.40. The normalized spacial score (nSPS) is 15.9. The molecular weight excluding hydrogens is 420 g/mol. The fraction of sp³-hybridized carbons (Fsp3) is 0.391. The second kappa shape index (κ2) is 11.7. The Labute approximate surface area is 188 Å². The fourth-order valence-electron chi connectivity index (χ4n) is 3.51. The number of hydrogen-bond acceptors (Lipinski definition) is 5. The van der Waals surface area contributed by atoms with E-state index in [9.17, 15) is 9.59 Å². The van der Waals surface area contributed by atoms with Crippen molar-refractivity contribution in [3.05, 3.63) is 65.7 Å². The molecule has 8 heteroatoms. The lowest BCUT2D eigenvalue weighted by Crippen LogP contribution is -2.60. The number of rotatable bonds is 9. The maximum absolute atomic E-state index is 13.2. The van der Waals surface area contributed by atoms with E-state index in [0.717, 1.165) is 11.3 Å². The van der Waals surface area contributed by atoms with E-state index in [-0.39, 0.29) is 29.9 Å². The van der Waals surface area contributed by atoms with Crippen LogP contribution in [0.4, 0.5) is 0 Å². The number of amides is 1. The molecule has 1 heterocycles. The third-order valence-corrected chi connectivity index (χ3v) is 5.36. The van der Waals surface area contributed by atoms with Crippen molar-refractivity contribution in [3.63, 3.8) is 0 Å². The highest BCUT2D eigenvalue weighted by molar-refractivity contribution is 5.88. The molecule has 1 atom stereocenters. The molecule has 0 aromatic heterocycles. The maximum atomic E-state index is 13.2. The van der Waals surface area contributed by atoms with Crippen LogP contribution in [0.3, 0.4) is 0 Å². The third kappa shape index (κ3) is 6.69. The summed E-state index contributed by atoms with van der Waals surface area (Å²) in [6.45, 7) is 3.90. The number of carbonyl (C=O) groups excluding carboxylic acids is 1. The zero-order chi connectivity index (χ0) is 21.4. The quantitative estimate of drug-likeness (QED) is 0.510. The van der Waals surface area contributed by atoms with Gasteiger partial charge in [0.05, 0.1) is 11.6 Å². The van der Waals surface area contributed by atoms with Crippen LogP contribution in [0.25, 0.3) is 0 Å². The lowest BCUT2D eigenvalue weighted by Gasteiger charge is -2.37. The van der Waals surface area contributed by atoms with Gasteiger partial charge in [0, 0.05) is 19.8 Å². The highest BCUT2D eigenvalue weighted by atomic mass is 35.5. The standard InChI is InChI=1S/C23H28N2O5.ClH/c1-17(18-7-9-19(10-8-18)21(26)27)25-22(28)23(11-14-29-15-12-23)24-13-16-30-20-5-3-2-4-6-20;/h2-10,17,24H,11-16H2,1H3,(H,25,28)(H,26,27);1H/t17-;/m0./s1. The van der Waals surface area contributed by atoms with E-state index in [1.807, 2.05) is 37.3 Å². The molecule has 0 aliphatic carbocycles. The summed E-state index contributed by atoms with van der Waals surface area (Å²) in [6, 6.07) is 15.9. The Bertz CT molecular complexity index is 839. The summed E-state index contributed by atoms with van der Waals surface area (Å²) in [5.41, 5.74) is 0.356. The van der Waals surface area contributed by atoms with Crippen molar-refractivity contribution in [3.8, 4) is 5.75 Å². The van der Waals surface area contributed by atoms with Gasteiger partial charge >= 0.3 is 5.97 Å². The van der Waals surface area contributed by atoms with Crippen molar-refractivity contribution in [1.82, 2.24) is 10.6 Å². The number of carboxylic acids is 1. The molecule has 0 radical (unpaired) electrons. The molecular formula is C23H29ClN2O5. The summed E-state index contributed by atoms with van der Waals surface area (Å²) in [6.07, 6.45) is 1.16. The molecule has 168 valence electrons. The predicted molar refractivity (Wildman–Crippen MR) is 120 cm³/mol. The van der Waals surface area contributed by atoms with Crippen LogP contribution < -0.4 is 15.4 Å². The molecule has 0 saturated carbocycles. The summed E-state index contributed by atoms with van der Waals surface area (Å²) < 4.78 is 11.2. The van der Waals surface area contributed by atoms with Crippen molar-refractivity contribution in [1.29, 1.82) is 0 Å². The Morgan fingerprint density at radius 2 is 1.74 bits per heavy atom. The Kier molecular flexibility index (Phi) is 9.30. The zero-order valence-corrected chi connectivity index (χ0v) is 18.3. The van der Waals surface area contributed by atoms with Crippen LogP contribution in [0.1, 0.15) is 41.7 Å². The van der Waals surface area contributed by atoms with Crippen molar-refractivity contribution in [2.24, 2.45) is 0 Å². The van der Waals surface area contributed by atoms with Crippen LogP contribution in [0.15, 0.2) is 54.6 Å². The van der Waals surface area contributed by atoms with Gasteiger partial charge in [0.15, 0.2) is 0 Å². The Hall–Kier alpha value is -2.61. The number of para-hydroxylation sites is 1. The van der Waals surface area contributed by atoms with E-state index >= 15 is 0 Å². The summed E-state index contributed by atoms with van der Waals surface area (Å²) in [4.78, 5) is 24.2. The first-order valence-electron chi connectivity index (χ1n) is 10.1. The number of halogens is 1. The van der Waals surface area contributed by atoms with Crippen LogP contribution in [0, 0.1) is 0 Å². The molecule has 0 unspecified atom stereocenters. The van der Waals surface area contributed by atoms with E-state index in [0.29, 0.717) is 39.2 Å². The van der Waals surface area contributed by atoms with E-state index in [1.54, 1.807) is 24.3 Å². The third-order valence-electron chi connectivity index (χ3n) is 5.36. The fourth-order valence-corrected chi connectivity index (χ4v) is 3.51. The number of nitrogens with one attached hydrogen (secondary N) is 2. The molecule has 2 aromatic rings. The van der Waals surface area contributed by atoms with Crippen LogP contribution >= 0.6 is 12.4 Å². The van der Waals surface area contributed by atoms with E-state index in [1.165, 1.54) is 0 Å². The molecule has 0 bridgehead atoms. The van der Waals surface area contributed by atoms with Crippen molar-refractivity contribution in [2.75, 3.05) is 26.4 Å². The van der Waals surface area contributed by atoms with Gasteiger partial charge < -0.3 is 19.9 Å². The molecule has 1 aliphatic rings. The first-order chi connectivity index (χ1) is 14.5. The van der Waals surface area contributed by atoms with Crippen LogP contribution in [-0.2, 0) is 9.53 Å². The molecule has 7 nitrogen and oxygen atoms in total. The number of carbonyl (C=O) groups is 2. The Morgan fingerprint density at radius 3 is 2.35 bits per heavy atom. The first kappa shape index (κ1) is 24.7. The minimum absolute atomic E-state index is 0. The van der Waals surface area contributed by atoms with Gasteiger partial charge in [-0.2, -0.15) is 0 Å². The lowest BCUT2D eigenvalue weighted by atomic mass is 9.88. The number of hydrogen-bond donors (Lipinski definition) is 3. The second-order valence-electron chi connectivity index (χ2n) is 7.41.